The van der Waals surface area contributed by atoms with Gasteiger partial charge >= 0.3 is 0 Å². The summed E-state index contributed by atoms with van der Waals surface area (Å²) in [5, 5.41) is 10.9. The van der Waals surface area contributed by atoms with Gasteiger partial charge in [-0.2, -0.15) is 0 Å². The van der Waals surface area contributed by atoms with Gasteiger partial charge in [-0.25, -0.2) is 4.39 Å². The lowest BCUT2D eigenvalue weighted by atomic mass is 10.2. The van der Waals surface area contributed by atoms with E-state index in [1.807, 2.05) is 25.1 Å². The third-order valence-electron chi connectivity index (χ3n) is 3.24. The maximum absolute atomic E-state index is 13.6. The lowest BCUT2D eigenvalue weighted by molar-refractivity contribution is 0.176. The average Bonchev–Trinajstić information content (AvgIpc) is 2.90. The highest BCUT2D eigenvalue weighted by molar-refractivity contribution is 7.99. The highest BCUT2D eigenvalue weighted by Crippen LogP contribution is 2.30. The predicted molar refractivity (Wildman–Crippen MR) is 83.0 cm³/mol. The van der Waals surface area contributed by atoms with Gasteiger partial charge in [0.15, 0.2) is 11.4 Å². The molecule has 21 heavy (non-hydrogen) atoms. The minimum atomic E-state index is -0.762. The monoisotopic (exact) mass is 302 g/mol. The van der Waals surface area contributed by atoms with Crippen LogP contribution >= 0.6 is 11.8 Å². The first-order valence-corrected chi connectivity index (χ1v) is 7.67. The minimum Gasteiger partial charge on any atom is -0.455 e. The number of thioether (sulfide) groups is 1. The summed E-state index contributed by atoms with van der Waals surface area (Å²) >= 11 is 1.55. The number of benzene rings is 2. The van der Waals surface area contributed by atoms with Gasteiger partial charge in [0, 0.05) is 16.0 Å². The van der Waals surface area contributed by atoms with Crippen LogP contribution in [-0.4, -0.2) is 10.9 Å². The number of hydrogen-bond donors (Lipinski definition) is 1. The molecule has 1 heterocycles. The second kappa shape index (κ2) is 5.92. The quantitative estimate of drug-likeness (QED) is 0.709. The van der Waals surface area contributed by atoms with E-state index in [1.54, 1.807) is 30.0 Å². The van der Waals surface area contributed by atoms with Crippen molar-refractivity contribution in [2.75, 3.05) is 5.75 Å². The molecule has 0 radical (unpaired) electrons. The standard InChI is InChI=1S/C17H15FO2S/c1-11-4-2-6-13(8-11)21-10-15(19)16-9-12-5-3-7-14(18)17(12)20-16/h2-9,15,19H,10H2,1H3. The number of halogens is 1. The predicted octanol–water partition coefficient (Wildman–Crippen LogP) is 4.71. The number of rotatable bonds is 4. The Kier molecular flexibility index (Phi) is 3.99. The van der Waals surface area contributed by atoms with Crippen molar-refractivity contribution in [3.05, 3.63) is 65.7 Å². The molecule has 1 aromatic heterocycles. The van der Waals surface area contributed by atoms with E-state index in [-0.39, 0.29) is 5.58 Å². The Bertz CT molecular complexity index is 766. The molecular weight excluding hydrogens is 287 g/mol. The zero-order valence-corrected chi connectivity index (χ0v) is 12.4. The Balaban J connectivity index is 1.75. The molecule has 2 aromatic carbocycles. The Hall–Kier alpha value is -1.78. The second-order valence-corrected chi connectivity index (χ2v) is 6.04. The summed E-state index contributed by atoms with van der Waals surface area (Å²) in [5.74, 6) is 0.456. The van der Waals surface area contributed by atoms with Crippen molar-refractivity contribution in [2.24, 2.45) is 0 Å². The summed E-state index contributed by atoms with van der Waals surface area (Å²) < 4.78 is 19.0. The zero-order valence-electron chi connectivity index (χ0n) is 11.5. The summed E-state index contributed by atoms with van der Waals surface area (Å²) in [5.41, 5.74) is 1.38. The topological polar surface area (TPSA) is 33.4 Å². The van der Waals surface area contributed by atoms with E-state index in [9.17, 15) is 9.50 Å². The number of furan rings is 1. The van der Waals surface area contributed by atoms with Gasteiger partial charge < -0.3 is 9.52 Å². The first-order chi connectivity index (χ1) is 10.1. The highest BCUT2D eigenvalue weighted by Gasteiger charge is 2.15. The maximum atomic E-state index is 13.6. The summed E-state index contributed by atoms with van der Waals surface area (Å²) in [6, 6.07) is 14.5. The summed E-state index contributed by atoms with van der Waals surface area (Å²) in [6.45, 7) is 2.03. The number of hydrogen-bond acceptors (Lipinski definition) is 3. The molecule has 0 aliphatic heterocycles. The molecule has 1 atom stereocenters. The first kappa shape index (κ1) is 14.2. The molecular formula is C17H15FO2S. The normalized spacial score (nSPS) is 12.7. The number of aliphatic hydroxyl groups is 1. The van der Waals surface area contributed by atoms with E-state index in [1.165, 1.54) is 11.6 Å². The Morgan fingerprint density at radius 2 is 2.00 bits per heavy atom. The fourth-order valence-electron chi connectivity index (χ4n) is 2.17. The van der Waals surface area contributed by atoms with Gasteiger partial charge in [-0.1, -0.05) is 29.8 Å². The molecule has 0 spiro atoms. The number of aliphatic hydroxyl groups excluding tert-OH is 1. The van der Waals surface area contributed by atoms with Crippen LogP contribution in [0.3, 0.4) is 0 Å². The van der Waals surface area contributed by atoms with Gasteiger partial charge in [0.25, 0.3) is 0 Å². The zero-order chi connectivity index (χ0) is 14.8. The number of para-hydroxylation sites is 1. The smallest absolute Gasteiger partial charge is 0.170 e. The van der Waals surface area contributed by atoms with Crippen molar-refractivity contribution in [3.8, 4) is 0 Å². The molecule has 0 fully saturated rings. The van der Waals surface area contributed by atoms with Crippen molar-refractivity contribution in [1.82, 2.24) is 0 Å². The first-order valence-electron chi connectivity index (χ1n) is 6.69. The molecule has 3 aromatic rings. The van der Waals surface area contributed by atoms with Crippen molar-refractivity contribution in [2.45, 2.75) is 17.9 Å². The van der Waals surface area contributed by atoms with E-state index >= 15 is 0 Å². The Morgan fingerprint density at radius 3 is 2.76 bits per heavy atom. The van der Waals surface area contributed by atoms with Crippen LogP contribution in [0.4, 0.5) is 4.39 Å². The van der Waals surface area contributed by atoms with Gasteiger partial charge in [0.05, 0.1) is 0 Å². The van der Waals surface area contributed by atoms with Gasteiger partial charge in [0.1, 0.15) is 11.9 Å². The summed E-state index contributed by atoms with van der Waals surface area (Å²) in [4.78, 5) is 1.09. The summed E-state index contributed by atoms with van der Waals surface area (Å²) in [7, 11) is 0. The van der Waals surface area contributed by atoms with Crippen LogP contribution < -0.4 is 0 Å². The largest absolute Gasteiger partial charge is 0.455 e. The molecule has 1 N–H and O–H groups in total. The van der Waals surface area contributed by atoms with Crippen molar-refractivity contribution >= 4 is 22.7 Å². The number of aryl methyl sites for hydroxylation is 1. The molecule has 1 unspecified atom stereocenters. The van der Waals surface area contributed by atoms with E-state index in [4.69, 9.17) is 4.42 Å². The van der Waals surface area contributed by atoms with Gasteiger partial charge in [-0.05, 0) is 31.2 Å². The molecule has 2 nitrogen and oxygen atoms in total. The molecule has 3 rings (SSSR count). The van der Waals surface area contributed by atoms with Crippen LogP contribution in [0.2, 0.25) is 0 Å². The number of fused-ring (bicyclic) bond motifs is 1. The summed E-state index contributed by atoms with van der Waals surface area (Å²) in [6.07, 6.45) is -0.762. The van der Waals surface area contributed by atoms with E-state index < -0.39 is 11.9 Å². The maximum Gasteiger partial charge on any atom is 0.170 e. The van der Waals surface area contributed by atoms with Gasteiger partial charge in [-0.15, -0.1) is 11.8 Å². The van der Waals surface area contributed by atoms with Crippen molar-refractivity contribution < 1.29 is 13.9 Å². The van der Waals surface area contributed by atoms with Crippen LogP contribution in [0.5, 0.6) is 0 Å². The molecule has 0 aliphatic carbocycles. The van der Waals surface area contributed by atoms with Crippen LogP contribution in [0.15, 0.2) is 57.8 Å². The molecule has 108 valence electrons. The molecule has 0 bridgehead atoms. The van der Waals surface area contributed by atoms with Gasteiger partial charge in [-0.3, -0.25) is 0 Å². The highest BCUT2D eigenvalue weighted by atomic mass is 32.2. The van der Waals surface area contributed by atoms with Crippen LogP contribution in [0.1, 0.15) is 17.4 Å². The van der Waals surface area contributed by atoms with Gasteiger partial charge in [0.2, 0.25) is 0 Å². The van der Waals surface area contributed by atoms with E-state index in [0.717, 1.165) is 4.90 Å². The SMILES string of the molecule is Cc1cccc(SCC(O)c2cc3cccc(F)c3o2)c1. The van der Waals surface area contributed by atoms with Crippen molar-refractivity contribution in [3.63, 3.8) is 0 Å². The lowest BCUT2D eigenvalue weighted by Crippen LogP contribution is -1.98. The van der Waals surface area contributed by atoms with E-state index in [0.29, 0.717) is 16.9 Å². The van der Waals surface area contributed by atoms with Crippen LogP contribution in [-0.2, 0) is 0 Å². The molecule has 0 saturated heterocycles. The molecule has 0 aliphatic rings. The Labute approximate surface area is 126 Å². The minimum absolute atomic E-state index is 0.201. The molecule has 0 amide bonds. The van der Waals surface area contributed by atoms with Crippen molar-refractivity contribution in [1.29, 1.82) is 0 Å². The van der Waals surface area contributed by atoms with Crippen LogP contribution in [0.25, 0.3) is 11.0 Å². The third kappa shape index (κ3) is 3.12. The second-order valence-electron chi connectivity index (χ2n) is 4.95. The molecule has 0 saturated carbocycles. The fraction of sp³-hybridized carbons (Fsp3) is 0.176. The Morgan fingerprint density at radius 1 is 1.19 bits per heavy atom. The van der Waals surface area contributed by atoms with Crippen LogP contribution in [0, 0.1) is 12.7 Å². The fourth-order valence-corrected chi connectivity index (χ4v) is 3.13. The average molecular weight is 302 g/mol. The van der Waals surface area contributed by atoms with E-state index in [2.05, 4.69) is 6.07 Å². The lowest BCUT2D eigenvalue weighted by Gasteiger charge is -2.07. The third-order valence-corrected chi connectivity index (χ3v) is 4.31. The molecule has 4 heteroatoms.